The minimum atomic E-state index is -0.447. The number of amides is 2. The van der Waals surface area contributed by atoms with Crippen molar-refractivity contribution in [2.24, 2.45) is 0 Å². The molecule has 2 heterocycles. The highest BCUT2D eigenvalue weighted by atomic mass is 32.2. The van der Waals surface area contributed by atoms with Crippen molar-refractivity contribution in [1.82, 2.24) is 14.9 Å². The smallest absolute Gasteiger partial charge is 0.263 e. The van der Waals surface area contributed by atoms with Crippen LogP contribution in [-0.4, -0.2) is 27.1 Å². The summed E-state index contributed by atoms with van der Waals surface area (Å²) < 4.78 is 1.55. The van der Waals surface area contributed by atoms with Crippen molar-refractivity contribution in [3.05, 3.63) is 69.3 Å². The van der Waals surface area contributed by atoms with Crippen LogP contribution in [0.1, 0.15) is 27.2 Å². The molecule has 2 aromatic heterocycles. The largest absolute Gasteiger partial charge is 0.292 e. The number of aromatic nitrogens is 2. The van der Waals surface area contributed by atoms with Crippen LogP contribution >= 0.6 is 23.1 Å². The highest BCUT2D eigenvalue weighted by Gasteiger charge is 2.23. The summed E-state index contributed by atoms with van der Waals surface area (Å²) in [5, 5.41) is 3.54. The number of imide groups is 1. The number of aryl methyl sites for hydroxylation is 2. The Hall–Kier alpha value is -2.71. The molecule has 1 aliphatic rings. The van der Waals surface area contributed by atoms with Crippen LogP contribution in [-0.2, 0) is 24.2 Å². The number of allylic oxidation sites excluding steroid dienone is 1. The van der Waals surface area contributed by atoms with Crippen molar-refractivity contribution in [1.29, 1.82) is 0 Å². The molecule has 0 radical (unpaired) electrons. The van der Waals surface area contributed by atoms with E-state index in [4.69, 9.17) is 0 Å². The topological polar surface area (TPSA) is 81.1 Å². The Kier molecular flexibility index (Phi) is 5.64. The van der Waals surface area contributed by atoms with Gasteiger partial charge >= 0.3 is 0 Å². The van der Waals surface area contributed by atoms with Gasteiger partial charge in [-0.05, 0) is 37.0 Å². The van der Waals surface area contributed by atoms with Crippen molar-refractivity contribution < 1.29 is 9.59 Å². The molecule has 8 heteroatoms. The van der Waals surface area contributed by atoms with Gasteiger partial charge in [0.15, 0.2) is 5.16 Å². The summed E-state index contributed by atoms with van der Waals surface area (Å²) in [7, 11) is 0. The number of thioether (sulfide) groups is 1. The van der Waals surface area contributed by atoms with Gasteiger partial charge in [0, 0.05) is 17.0 Å². The van der Waals surface area contributed by atoms with E-state index in [1.807, 2.05) is 0 Å². The van der Waals surface area contributed by atoms with Crippen molar-refractivity contribution in [2.75, 3.05) is 5.75 Å². The number of rotatable bonds is 6. The first-order valence-corrected chi connectivity index (χ1v) is 11.1. The molecule has 29 heavy (non-hydrogen) atoms. The molecule has 1 aromatic carbocycles. The van der Waals surface area contributed by atoms with E-state index in [-0.39, 0.29) is 11.3 Å². The Morgan fingerprint density at radius 1 is 1.28 bits per heavy atom. The summed E-state index contributed by atoms with van der Waals surface area (Å²) in [5.74, 6) is -0.895. The normalized spacial score (nSPS) is 12.7. The van der Waals surface area contributed by atoms with E-state index < -0.39 is 11.8 Å². The van der Waals surface area contributed by atoms with E-state index in [0.717, 1.165) is 41.4 Å². The van der Waals surface area contributed by atoms with E-state index in [9.17, 15) is 14.4 Å². The van der Waals surface area contributed by atoms with Crippen molar-refractivity contribution in [3.8, 4) is 0 Å². The van der Waals surface area contributed by atoms with Gasteiger partial charge in [0.1, 0.15) is 4.83 Å². The summed E-state index contributed by atoms with van der Waals surface area (Å²) in [6.07, 6.45) is 4.62. The molecule has 0 fully saturated rings. The van der Waals surface area contributed by atoms with Gasteiger partial charge in [-0.15, -0.1) is 17.9 Å². The van der Waals surface area contributed by atoms with E-state index in [2.05, 4.69) is 16.9 Å². The molecule has 2 amide bonds. The molecule has 6 nitrogen and oxygen atoms in total. The maximum Gasteiger partial charge on any atom is 0.263 e. The van der Waals surface area contributed by atoms with Gasteiger partial charge in [-0.3, -0.25) is 24.3 Å². The molecule has 0 unspecified atom stereocenters. The summed E-state index contributed by atoms with van der Waals surface area (Å²) >= 11 is 2.71. The Bertz CT molecular complexity index is 1170. The molecule has 0 bridgehead atoms. The minimum Gasteiger partial charge on any atom is -0.292 e. The number of benzene rings is 1. The second-order valence-electron chi connectivity index (χ2n) is 6.67. The van der Waals surface area contributed by atoms with Crippen LogP contribution < -0.4 is 10.9 Å². The van der Waals surface area contributed by atoms with Crippen LogP contribution in [0.4, 0.5) is 0 Å². The molecular weight excluding hydrogens is 406 g/mol. The predicted molar refractivity (Wildman–Crippen MR) is 116 cm³/mol. The van der Waals surface area contributed by atoms with E-state index in [1.54, 1.807) is 52.3 Å². The second kappa shape index (κ2) is 8.34. The minimum absolute atomic E-state index is 0.0151. The maximum absolute atomic E-state index is 13.1. The highest BCUT2D eigenvalue weighted by Crippen LogP contribution is 2.35. The first-order valence-electron chi connectivity index (χ1n) is 9.26. The number of hydrogen-bond donors (Lipinski definition) is 1. The van der Waals surface area contributed by atoms with Gasteiger partial charge < -0.3 is 0 Å². The fourth-order valence-corrected chi connectivity index (χ4v) is 5.52. The second-order valence-corrected chi connectivity index (χ2v) is 8.69. The average molecular weight is 426 g/mol. The Morgan fingerprint density at radius 2 is 2.07 bits per heavy atom. The van der Waals surface area contributed by atoms with Crippen LogP contribution in [0.25, 0.3) is 10.2 Å². The zero-order chi connectivity index (χ0) is 20.4. The van der Waals surface area contributed by atoms with Crippen LogP contribution in [0, 0.1) is 0 Å². The third-order valence-corrected chi connectivity index (χ3v) is 6.88. The maximum atomic E-state index is 13.1. The predicted octanol–water partition coefficient (Wildman–Crippen LogP) is 3.18. The molecule has 0 aliphatic heterocycles. The first-order chi connectivity index (χ1) is 14.1. The summed E-state index contributed by atoms with van der Waals surface area (Å²) in [6, 6.07) is 8.56. The van der Waals surface area contributed by atoms with Crippen molar-refractivity contribution >= 4 is 45.1 Å². The van der Waals surface area contributed by atoms with Gasteiger partial charge in [-0.25, -0.2) is 4.98 Å². The van der Waals surface area contributed by atoms with Crippen LogP contribution in [0.15, 0.2) is 52.9 Å². The fourth-order valence-electron chi connectivity index (χ4n) is 3.41. The first kappa shape index (κ1) is 19.6. The molecule has 1 aliphatic carbocycles. The molecule has 0 saturated carbocycles. The monoisotopic (exact) mass is 425 g/mol. The van der Waals surface area contributed by atoms with Crippen LogP contribution in [0.2, 0.25) is 0 Å². The molecule has 0 spiro atoms. The van der Waals surface area contributed by atoms with Gasteiger partial charge in [-0.1, -0.05) is 36.0 Å². The average Bonchev–Trinajstić information content (AvgIpc) is 3.30. The molecule has 4 rings (SSSR count). The molecule has 0 atom stereocenters. The van der Waals surface area contributed by atoms with Gasteiger partial charge in [0.2, 0.25) is 5.91 Å². The number of nitrogens with one attached hydrogen (secondary N) is 1. The third kappa shape index (κ3) is 3.90. The number of carbonyl (C=O) groups is 2. The number of hydrogen-bond acceptors (Lipinski definition) is 6. The summed E-state index contributed by atoms with van der Waals surface area (Å²) in [4.78, 5) is 44.1. The van der Waals surface area contributed by atoms with Gasteiger partial charge in [-0.2, -0.15) is 0 Å². The van der Waals surface area contributed by atoms with Crippen molar-refractivity contribution in [3.63, 3.8) is 0 Å². The standard InChI is InChI=1S/C21H19N3O3S2/c1-2-11-24-20(27)17-14-9-6-10-15(14)29-19(17)23-21(24)28-12-16(25)22-18(26)13-7-4-3-5-8-13/h2-5,7-8H,1,6,9-12H2,(H,22,25,26). The molecule has 3 aromatic rings. The van der Waals surface area contributed by atoms with E-state index in [0.29, 0.717) is 22.7 Å². The zero-order valence-electron chi connectivity index (χ0n) is 15.6. The highest BCUT2D eigenvalue weighted by molar-refractivity contribution is 7.99. The van der Waals surface area contributed by atoms with Crippen LogP contribution in [0.5, 0.6) is 0 Å². The lowest BCUT2D eigenvalue weighted by molar-refractivity contribution is -0.117. The Morgan fingerprint density at radius 3 is 2.83 bits per heavy atom. The number of carbonyl (C=O) groups excluding carboxylic acids is 2. The number of fused-ring (bicyclic) bond motifs is 3. The van der Waals surface area contributed by atoms with Gasteiger partial charge in [0.25, 0.3) is 11.5 Å². The van der Waals surface area contributed by atoms with Crippen molar-refractivity contribution in [2.45, 2.75) is 31.0 Å². The lowest BCUT2D eigenvalue weighted by Crippen LogP contribution is -2.32. The lowest BCUT2D eigenvalue weighted by atomic mass is 10.2. The SMILES string of the molecule is C=CCn1c(SCC(=O)NC(=O)c2ccccc2)nc2sc3c(c2c1=O)CCC3. The lowest BCUT2D eigenvalue weighted by Gasteiger charge is -2.10. The molecule has 1 N–H and O–H groups in total. The zero-order valence-corrected chi connectivity index (χ0v) is 17.3. The summed E-state index contributed by atoms with van der Waals surface area (Å²) in [5.41, 5.74) is 1.46. The quantitative estimate of drug-likeness (QED) is 0.373. The molecule has 148 valence electrons. The van der Waals surface area contributed by atoms with Crippen LogP contribution in [0.3, 0.4) is 0 Å². The Labute approximate surface area is 175 Å². The summed E-state index contributed by atoms with van der Waals surface area (Å²) in [6.45, 7) is 4.05. The Balaban J connectivity index is 1.55. The third-order valence-electron chi connectivity index (χ3n) is 4.72. The molecule has 0 saturated heterocycles. The number of nitrogens with zero attached hydrogens (tertiary/aromatic N) is 2. The van der Waals surface area contributed by atoms with E-state index in [1.165, 1.54) is 4.88 Å². The van der Waals surface area contributed by atoms with E-state index >= 15 is 0 Å². The van der Waals surface area contributed by atoms with Gasteiger partial charge in [0.05, 0.1) is 11.1 Å². The fraction of sp³-hybridized carbons (Fsp3) is 0.238. The molecular formula is C21H19N3O3S2. The number of thiophene rings is 1.